The Morgan fingerprint density at radius 1 is 0.966 bits per heavy atom. The lowest BCUT2D eigenvalue weighted by Crippen LogP contribution is -2.07. The number of benzene rings is 2. The zero-order valence-electron chi connectivity index (χ0n) is 15.5. The summed E-state index contributed by atoms with van der Waals surface area (Å²) in [6, 6.07) is 15.9. The van der Waals surface area contributed by atoms with Crippen LogP contribution in [0.2, 0.25) is 0 Å². The van der Waals surface area contributed by atoms with Crippen molar-refractivity contribution >= 4 is 11.5 Å². The molecule has 0 unspecified atom stereocenters. The van der Waals surface area contributed by atoms with Crippen LogP contribution in [0.4, 0.5) is 10.2 Å². The van der Waals surface area contributed by atoms with Crippen molar-refractivity contribution in [2.45, 2.75) is 13.0 Å². The summed E-state index contributed by atoms with van der Waals surface area (Å²) in [4.78, 5) is 0. The predicted octanol–water partition coefficient (Wildman–Crippen LogP) is 3.70. The highest BCUT2D eigenvalue weighted by Gasteiger charge is 2.16. The van der Waals surface area contributed by atoms with Crippen LogP contribution < -0.4 is 14.8 Å². The van der Waals surface area contributed by atoms with Crippen molar-refractivity contribution in [3.63, 3.8) is 0 Å². The second-order valence-corrected chi connectivity index (χ2v) is 6.64. The van der Waals surface area contributed by atoms with E-state index in [-0.39, 0.29) is 5.82 Å². The Balaban J connectivity index is 1.44. The quantitative estimate of drug-likeness (QED) is 0.572. The fourth-order valence-electron chi connectivity index (χ4n) is 3.27. The van der Waals surface area contributed by atoms with Gasteiger partial charge in [-0.25, -0.2) is 4.39 Å². The number of hydrogen-bond acceptors (Lipinski definition) is 6. The monoisotopic (exact) mass is 391 g/mol. The third-order valence-corrected chi connectivity index (χ3v) is 4.69. The predicted molar refractivity (Wildman–Crippen MR) is 106 cm³/mol. The topological polar surface area (TPSA) is 73.6 Å². The van der Waals surface area contributed by atoms with E-state index in [1.807, 2.05) is 24.3 Å². The Hall–Kier alpha value is -3.68. The summed E-state index contributed by atoms with van der Waals surface area (Å²) < 4.78 is 27.3. The molecule has 7 nitrogen and oxygen atoms in total. The zero-order chi connectivity index (χ0) is 19.6. The molecule has 0 aliphatic carbocycles. The van der Waals surface area contributed by atoms with Crippen LogP contribution in [0.15, 0.2) is 54.6 Å². The van der Waals surface area contributed by atoms with E-state index in [9.17, 15) is 4.39 Å². The highest BCUT2D eigenvalue weighted by Crippen LogP contribution is 2.33. The molecule has 2 aromatic heterocycles. The fraction of sp³-hybridized carbons (Fsp3) is 0.190. The van der Waals surface area contributed by atoms with Crippen molar-refractivity contribution in [1.82, 2.24) is 19.8 Å². The maximum atomic E-state index is 14.2. The number of nitrogens with zero attached hydrogens (tertiary/aromatic N) is 4. The normalized spacial score (nSPS) is 13.3. The average molecular weight is 391 g/mol. The number of nitrogens with one attached hydrogen (secondary N) is 1. The second-order valence-electron chi connectivity index (χ2n) is 6.64. The molecule has 1 aliphatic heterocycles. The Kier molecular flexibility index (Phi) is 4.44. The van der Waals surface area contributed by atoms with Crippen LogP contribution in [-0.4, -0.2) is 33.0 Å². The van der Waals surface area contributed by atoms with Gasteiger partial charge >= 0.3 is 0 Å². The third-order valence-electron chi connectivity index (χ3n) is 4.69. The molecule has 5 rings (SSSR count). The molecule has 0 bridgehead atoms. The van der Waals surface area contributed by atoms with Crippen LogP contribution in [0.25, 0.3) is 17.0 Å². The Bertz CT molecular complexity index is 1180. The van der Waals surface area contributed by atoms with Gasteiger partial charge in [0.15, 0.2) is 23.0 Å². The summed E-state index contributed by atoms with van der Waals surface area (Å²) in [5, 5.41) is 16.0. The molecule has 0 amide bonds. The number of halogens is 1. The molecule has 2 aromatic carbocycles. The van der Waals surface area contributed by atoms with Crippen LogP contribution in [0, 0.1) is 5.82 Å². The van der Waals surface area contributed by atoms with E-state index in [1.54, 1.807) is 24.3 Å². The Morgan fingerprint density at radius 3 is 2.79 bits per heavy atom. The van der Waals surface area contributed by atoms with Gasteiger partial charge in [-0.2, -0.15) is 4.52 Å². The lowest BCUT2D eigenvalue weighted by atomic mass is 10.2. The fourth-order valence-corrected chi connectivity index (χ4v) is 3.27. The molecule has 0 fully saturated rings. The van der Waals surface area contributed by atoms with E-state index in [4.69, 9.17) is 9.47 Å². The van der Waals surface area contributed by atoms with E-state index in [2.05, 4.69) is 20.6 Å². The molecule has 0 atom stereocenters. The first-order valence-electron chi connectivity index (χ1n) is 9.38. The van der Waals surface area contributed by atoms with Gasteiger partial charge in [0.1, 0.15) is 11.6 Å². The average Bonchev–Trinajstić information content (AvgIpc) is 3.00. The second kappa shape index (κ2) is 7.38. The number of anilines is 1. The van der Waals surface area contributed by atoms with Crippen LogP contribution >= 0.6 is 0 Å². The van der Waals surface area contributed by atoms with E-state index >= 15 is 0 Å². The smallest absolute Gasteiger partial charge is 0.188 e. The molecule has 4 aromatic rings. The largest absolute Gasteiger partial charge is 0.490 e. The van der Waals surface area contributed by atoms with Crippen molar-refractivity contribution in [3.8, 4) is 22.9 Å². The molecule has 0 spiro atoms. The van der Waals surface area contributed by atoms with Gasteiger partial charge in [-0.1, -0.05) is 24.3 Å². The molecule has 1 N–H and O–H groups in total. The number of para-hydroxylation sites is 1. The molecule has 146 valence electrons. The van der Waals surface area contributed by atoms with Crippen molar-refractivity contribution in [2.24, 2.45) is 0 Å². The zero-order valence-corrected chi connectivity index (χ0v) is 15.5. The van der Waals surface area contributed by atoms with Crippen LogP contribution in [0.5, 0.6) is 11.5 Å². The Labute approximate surface area is 166 Å². The summed E-state index contributed by atoms with van der Waals surface area (Å²) in [7, 11) is 0. The third kappa shape index (κ3) is 3.33. The van der Waals surface area contributed by atoms with Gasteiger partial charge in [0, 0.05) is 18.5 Å². The number of fused-ring (bicyclic) bond motifs is 2. The summed E-state index contributed by atoms with van der Waals surface area (Å²) in [5.74, 6) is 2.11. The van der Waals surface area contributed by atoms with Crippen LogP contribution in [0.3, 0.4) is 0 Å². The highest BCUT2D eigenvalue weighted by molar-refractivity contribution is 5.60. The molecule has 29 heavy (non-hydrogen) atoms. The van der Waals surface area contributed by atoms with Crippen molar-refractivity contribution < 1.29 is 13.9 Å². The number of hydrogen-bond donors (Lipinski definition) is 1. The van der Waals surface area contributed by atoms with Crippen molar-refractivity contribution in [1.29, 1.82) is 0 Å². The standard InChI is InChI=1S/C21H18FN5O2/c22-16-7-2-1-6-15(16)21-25-24-19-10-9-18(26-27(19)21)23-13-14-5-3-8-17-20(14)29-12-4-11-28-17/h1-3,5-10H,4,11-13H2,(H,23,26). The van der Waals surface area contributed by atoms with Crippen LogP contribution in [0.1, 0.15) is 12.0 Å². The summed E-state index contributed by atoms with van der Waals surface area (Å²) in [6.45, 7) is 1.78. The number of rotatable bonds is 4. The Morgan fingerprint density at radius 2 is 1.86 bits per heavy atom. The number of ether oxygens (including phenoxy) is 2. The molecule has 1 aliphatic rings. The molecule has 8 heteroatoms. The van der Waals surface area contributed by atoms with Crippen molar-refractivity contribution in [2.75, 3.05) is 18.5 Å². The van der Waals surface area contributed by atoms with Gasteiger partial charge in [0.25, 0.3) is 0 Å². The van der Waals surface area contributed by atoms with Gasteiger partial charge < -0.3 is 14.8 Å². The highest BCUT2D eigenvalue weighted by atomic mass is 19.1. The van der Waals surface area contributed by atoms with Gasteiger partial charge in [-0.3, -0.25) is 0 Å². The molecular formula is C21H18FN5O2. The maximum absolute atomic E-state index is 14.2. The molecule has 3 heterocycles. The van der Waals surface area contributed by atoms with Gasteiger partial charge in [-0.15, -0.1) is 15.3 Å². The summed E-state index contributed by atoms with van der Waals surface area (Å²) >= 11 is 0. The van der Waals surface area contributed by atoms with Gasteiger partial charge in [-0.05, 0) is 30.3 Å². The minimum absolute atomic E-state index is 0.351. The minimum Gasteiger partial charge on any atom is -0.490 e. The first-order chi connectivity index (χ1) is 14.3. The molecule has 0 saturated heterocycles. The summed E-state index contributed by atoms with van der Waals surface area (Å²) in [6.07, 6.45) is 0.853. The molecule has 0 radical (unpaired) electrons. The lowest BCUT2D eigenvalue weighted by Gasteiger charge is -2.13. The van der Waals surface area contributed by atoms with Crippen molar-refractivity contribution in [3.05, 3.63) is 66.0 Å². The van der Waals surface area contributed by atoms with E-state index in [1.165, 1.54) is 10.6 Å². The molecular weight excluding hydrogens is 373 g/mol. The first kappa shape index (κ1) is 17.4. The summed E-state index contributed by atoms with van der Waals surface area (Å²) in [5.41, 5.74) is 1.87. The van der Waals surface area contributed by atoms with E-state index in [0.29, 0.717) is 42.6 Å². The van der Waals surface area contributed by atoms with E-state index < -0.39 is 0 Å². The van der Waals surface area contributed by atoms with E-state index in [0.717, 1.165) is 23.5 Å². The number of aromatic nitrogens is 4. The minimum atomic E-state index is -0.369. The molecule has 0 saturated carbocycles. The lowest BCUT2D eigenvalue weighted by molar-refractivity contribution is 0.296. The first-order valence-corrected chi connectivity index (χ1v) is 9.38. The SMILES string of the molecule is Fc1ccccc1-c1nnc2ccc(NCc3cccc4c3OCCCO4)nn12. The van der Waals surface area contributed by atoms with Gasteiger partial charge in [0.05, 0.1) is 18.8 Å². The van der Waals surface area contributed by atoms with Crippen LogP contribution in [-0.2, 0) is 6.54 Å². The maximum Gasteiger partial charge on any atom is 0.188 e. The van der Waals surface area contributed by atoms with Gasteiger partial charge in [0.2, 0.25) is 0 Å².